The third-order valence-electron chi connectivity index (χ3n) is 8.35. The van der Waals surface area contributed by atoms with Crippen molar-refractivity contribution in [2.75, 3.05) is 7.11 Å². The molecular weight excluding hydrogens is 408 g/mol. The monoisotopic (exact) mass is 456 g/mol. The zero-order chi connectivity index (χ0) is 23.6. The highest BCUT2D eigenvalue weighted by molar-refractivity contribution is 6.74. The Balaban J connectivity index is 2.06. The van der Waals surface area contributed by atoms with Gasteiger partial charge in [-0.1, -0.05) is 34.1 Å². The molecule has 0 radical (unpaired) electrons. The second kappa shape index (κ2) is 10.2. The largest absolute Gasteiger partial charge is 0.467 e. The van der Waals surface area contributed by atoms with E-state index >= 15 is 0 Å². The molecule has 1 saturated carbocycles. The molecule has 1 N–H and O–H groups in total. The van der Waals surface area contributed by atoms with Crippen molar-refractivity contribution in [2.45, 2.75) is 129 Å². The van der Waals surface area contributed by atoms with Crippen LogP contribution >= 0.6 is 0 Å². The van der Waals surface area contributed by atoms with E-state index in [2.05, 4.69) is 54.6 Å². The minimum absolute atomic E-state index is 0.0416. The van der Waals surface area contributed by atoms with Gasteiger partial charge in [0.1, 0.15) is 0 Å². The van der Waals surface area contributed by atoms with Crippen molar-refractivity contribution in [1.82, 2.24) is 0 Å². The smallest absolute Gasteiger partial charge is 0.334 e. The van der Waals surface area contributed by atoms with E-state index in [1.54, 1.807) is 0 Å². The first-order valence-corrected chi connectivity index (χ1v) is 15.2. The summed E-state index contributed by atoms with van der Waals surface area (Å²) in [6.45, 7) is 18.2. The SMILES string of the molecule is CCC(CCC(O)C(=O)OC)C1CC(O[Si](C)(C)C(C)(C)C)CC1CCC1OC1(C)C. The summed E-state index contributed by atoms with van der Waals surface area (Å²) >= 11 is 0. The number of rotatable bonds is 11. The second-order valence-electron chi connectivity index (χ2n) is 12.0. The first-order chi connectivity index (χ1) is 14.2. The van der Waals surface area contributed by atoms with Crippen LogP contribution in [0.5, 0.6) is 0 Å². The molecule has 182 valence electrons. The molecule has 6 unspecified atom stereocenters. The maximum Gasteiger partial charge on any atom is 0.334 e. The molecule has 0 spiro atoms. The Morgan fingerprint density at radius 3 is 2.29 bits per heavy atom. The average molecular weight is 457 g/mol. The number of carbonyl (C=O) groups excluding carboxylic acids is 1. The molecule has 6 heteroatoms. The van der Waals surface area contributed by atoms with E-state index < -0.39 is 20.4 Å². The van der Waals surface area contributed by atoms with Gasteiger partial charge in [-0.3, -0.25) is 0 Å². The molecule has 2 fully saturated rings. The van der Waals surface area contributed by atoms with Gasteiger partial charge in [-0.15, -0.1) is 0 Å². The van der Waals surface area contributed by atoms with Gasteiger partial charge in [0, 0.05) is 6.10 Å². The lowest BCUT2D eigenvalue weighted by atomic mass is 9.77. The summed E-state index contributed by atoms with van der Waals surface area (Å²) in [5.74, 6) is 1.16. The van der Waals surface area contributed by atoms with E-state index in [9.17, 15) is 9.90 Å². The normalized spacial score (nSPS) is 30.1. The van der Waals surface area contributed by atoms with Crippen molar-refractivity contribution in [3.8, 4) is 0 Å². The third kappa shape index (κ3) is 7.02. The fourth-order valence-corrected chi connectivity index (χ4v) is 6.53. The lowest BCUT2D eigenvalue weighted by Gasteiger charge is -2.38. The number of methoxy groups -OCH3 is 1. The minimum atomic E-state index is -1.81. The summed E-state index contributed by atoms with van der Waals surface area (Å²) in [6, 6.07) is 0. The molecule has 0 aromatic rings. The predicted octanol–water partition coefficient (Wildman–Crippen LogP) is 5.70. The van der Waals surface area contributed by atoms with Crippen molar-refractivity contribution in [1.29, 1.82) is 0 Å². The average Bonchev–Trinajstić information content (AvgIpc) is 3.09. The standard InChI is InChI=1S/C25H48O5Si/c1-10-17(11-13-21(26)23(27)28-7)20-16-19(30-31(8,9)24(2,3)4)15-18(20)12-14-22-25(5,6)29-22/h17-22,26H,10-16H2,1-9H3. The van der Waals surface area contributed by atoms with Crippen LogP contribution in [0.3, 0.4) is 0 Å². The molecular formula is C25H48O5Si. The van der Waals surface area contributed by atoms with Crippen LogP contribution in [0.2, 0.25) is 18.1 Å². The predicted molar refractivity (Wildman–Crippen MR) is 128 cm³/mol. The van der Waals surface area contributed by atoms with Gasteiger partial charge in [-0.2, -0.15) is 0 Å². The second-order valence-corrected chi connectivity index (χ2v) is 16.7. The summed E-state index contributed by atoms with van der Waals surface area (Å²) < 4.78 is 17.4. The number of hydrogen-bond acceptors (Lipinski definition) is 5. The summed E-state index contributed by atoms with van der Waals surface area (Å²) in [4.78, 5) is 11.6. The fraction of sp³-hybridized carbons (Fsp3) is 0.960. The van der Waals surface area contributed by atoms with E-state index in [0.29, 0.717) is 36.4 Å². The minimum Gasteiger partial charge on any atom is -0.467 e. The third-order valence-corrected chi connectivity index (χ3v) is 12.9. The highest BCUT2D eigenvalue weighted by atomic mass is 28.4. The zero-order valence-electron chi connectivity index (χ0n) is 21.5. The van der Waals surface area contributed by atoms with Crippen molar-refractivity contribution < 1.29 is 23.8 Å². The zero-order valence-corrected chi connectivity index (χ0v) is 22.5. The first-order valence-electron chi connectivity index (χ1n) is 12.3. The van der Waals surface area contributed by atoms with Gasteiger partial charge in [-0.25, -0.2) is 4.79 Å². The van der Waals surface area contributed by atoms with Crippen molar-refractivity contribution >= 4 is 14.3 Å². The van der Waals surface area contributed by atoms with Gasteiger partial charge >= 0.3 is 5.97 Å². The number of ether oxygens (including phenoxy) is 2. The van der Waals surface area contributed by atoms with Crippen LogP contribution in [-0.4, -0.2) is 50.4 Å². The molecule has 0 aromatic heterocycles. The van der Waals surface area contributed by atoms with Crippen molar-refractivity contribution in [3.63, 3.8) is 0 Å². The molecule has 31 heavy (non-hydrogen) atoms. The molecule has 1 aliphatic heterocycles. The number of epoxide rings is 1. The fourth-order valence-electron chi connectivity index (χ4n) is 5.16. The Kier molecular flexibility index (Phi) is 8.85. The topological polar surface area (TPSA) is 68.3 Å². The van der Waals surface area contributed by atoms with E-state index in [1.807, 2.05) is 0 Å². The summed E-state index contributed by atoms with van der Waals surface area (Å²) in [5, 5.41) is 10.3. The van der Waals surface area contributed by atoms with Gasteiger partial charge in [0.25, 0.3) is 0 Å². The van der Waals surface area contributed by atoms with Gasteiger partial charge in [-0.05, 0) is 88.3 Å². The molecule has 0 amide bonds. The van der Waals surface area contributed by atoms with Crippen LogP contribution in [0, 0.1) is 17.8 Å². The van der Waals surface area contributed by atoms with E-state index in [4.69, 9.17) is 13.9 Å². The molecule has 2 rings (SSSR count). The van der Waals surface area contributed by atoms with Crippen LogP contribution in [0.1, 0.15) is 86.5 Å². The van der Waals surface area contributed by atoms with Gasteiger partial charge < -0.3 is 19.0 Å². The highest BCUT2D eigenvalue weighted by Crippen LogP contribution is 2.48. The Morgan fingerprint density at radius 1 is 1.19 bits per heavy atom. The molecule has 1 saturated heterocycles. The van der Waals surface area contributed by atoms with Crippen LogP contribution < -0.4 is 0 Å². The van der Waals surface area contributed by atoms with E-state index in [1.165, 1.54) is 13.5 Å². The Morgan fingerprint density at radius 2 is 1.81 bits per heavy atom. The van der Waals surface area contributed by atoms with Crippen molar-refractivity contribution in [2.24, 2.45) is 17.8 Å². The molecule has 0 bridgehead atoms. The molecule has 0 aromatic carbocycles. The van der Waals surface area contributed by atoms with Gasteiger partial charge in [0.15, 0.2) is 14.4 Å². The van der Waals surface area contributed by atoms with Crippen LogP contribution in [0.15, 0.2) is 0 Å². The highest BCUT2D eigenvalue weighted by Gasteiger charge is 2.49. The number of esters is 1. The summed E-state index contributed by atoms with van der Waals surface area (Å²) in [5.41, 5.74) is 0.0416. The number of aliphatic hydroxyl groups is 1. The Hall–Kier alpha value is -0.433. The maximum absolute atomic E-state index is 11.6. The number of aliphatic hydroxyl groups excluding tert-OH is 1. The Bertz CT molecular complexity index is 597. The van der Waals surface area contributed by atoms with Crippen molar-refractivity contribution in [3.05, 3.63) is 0 Å². The van der Waals surface area contributed by atoms with Gasteiger partial charge in [0.05, 0.1) is 18.8 Å². The lowest BCUT2D eigenvalue weighted by Crippen LogP contribution is -2.43. The molecule has 1 aliphatic carbocycles. The number of carbonyl (C=O) groups is 1. The van der Waals surface area contributed by atoms with Crippen LogP contribution in [0.4, 0.5) is 0 Å². The lowest BCUT2D eigenvalue weighted by molar-refractivity contribution is -0.150. The van der Waals surface area contributed by atoms with Gasteiger partial charge in [0.2, 0.25) is 0 Å². The summed E-state index contributed by atoms with van der Waals surface area (Å²) in [6.07, 6.45) is 6.59. The molecule has 5 nitrogen and oxygen atoms in total. The molecule has 6 atom stereocenters. The molecule has 2 aliphatic rings. The molecule has 1 heterocycles. The van der Waals surface area contributed by atoms with E-state index in [0.717, 1.165) is 32.1 Å². The van der Waals surface area contributed by atoms with Crippen LogP contribution in [0.25, 0.3) is 0 Å². The number of hydrogen-bond donors (Lipinski definition) is 1. The maximum atomic E-state index is 11.6. The Labute approximate surface area is 191 Å². The van der Waals surface area contributed by atoms with Crippen LogP contribution in [-0.2, 0) is 18.7 Å². The first kappa shape index (κ1) is 26.8. The van der Waals surface area contributed by atoms with E-state index in [-0.39, 0.29) is 10.6 Å². The summed E-state index contributed by atoms with van der Waals surface area (Å²) in [7, 11) is -0.478. The quantitative estimate of drug-likeness (QED) is 0.245.